The standard InChI is InChI=1S/C20H41N5O2/c1-7-16(8-2)17(25-10-12-27-13-11-25)14-22-19(21-9-3)23-15-18(26)24-20(4,5)6/h16-17H,7-15H2,1-6H3,(H,24,26)(H2,21,22,23). The predicted octanol–water partition coefficient (Wildman–Crippen LogP) is 1.59. The zero-order valence-corrected chi connectivity index (χ0v) is 18.2. The van der Waals surface area contributed by atoms with Crippen LogP contribution >= 0.6 is 0 Å². The Morgan fingerprint density at radius 3 is 2.26 bits per heavy atom. The minimum Gasteiger partial charge on any atom is -0.379 e. The lowest BCUT2D eigenvalue weighted by Crippen LogP contribution is -2.53. The summed E-state index contributed by atoms with van der Waals surface area (Å²) in [7, 11) is 0. The van der Waals surface area contributed by atoms with Crippen molar-refractivity contribution in [3.05, 3.63) is 0 Å². The molecular formula is C20H41N5O2. The third-order valence-corrected chi connectivity index (χ3v) is 4.83. The number of carbonyl (C=O) groups is 1. The fourth-order valence-electron chi connectivity index (χ4n) is 3.49. The topological polar surface area (TPSA) is 78.0 Å². The Kier molecular flexibility index (Phi) is 10.7. The quantitative estimate of drug-likeness (QED) is 0.416. The minimum atomic E-state index is -0.241. The molecule has 1 atom stereocenters. The molecule has 0 aromatic heterocycles. The molecule has 0 aliphatic carbocycles. The molecule has 1 heterocycles. The lowest BCUT2D eigenvalue weighted by Gasteiger charge is -2.39. The molecular weight excluding hydrogens is 342 g/mol. The Bertz CT molecular complexity index is 452. The summed E-state index contributed by atoms with van der Waals surface area (Å²) in [4.78, 5) is 19.1. The lowest BCUT2D eigenvalue weighted by atomic mass is 9.92. The number of carbonyl (C=O) groups excluding carboxylic acids is 1. The highest BCUT2D eigenvalue weighted by molar-refractivity contribution is 5.85. The van der Waals surface area contributed by atoms with Gasteiger partial charge in [-0.3, -0.25) is 9.69 Å². The second kappa shape index (κ2) is 12.2. The predicted molar refractivity (Wildman–Crippen MR) is 112 cm³/mol. The van der Waals surface area contributed by atoms with Gasteiger partial charge in [0, 0.05) is 37.8 Å². The van der Waals surface area contributed by atoms with Crippen molar-refractivity contribution in [3.8, 4) is 0 Å². The van der Waals surface area contributed by atoms with Gasteiger partial charge in [0.25, 0.3) is 0 Å². The van der Waals surface area contributed by atoms with E-state index < -0.39 is 0 Å². The Balaban J connectivity index is 2.71. The van der Waals surface area contributed by atoms with E-state index in [2.05, 4.69) is 39.7 Å². The van der Waals surface area contributed by atoms with Gasteiger partial charge in [-0.15, -0.1) is 0 Å². The monoisotopic (exact) mass is 383 g/mol. The zero-order chi connectivity index (χ0) is 20.3. The lowest BCUT2D eigenvalue weighted by molar-refractivity contribution is -0.121. The number of rotatable bonds is 9. The van der Waals surface area contributed by atoms with Gasteiger partial charge in [0.1, 0.15) is 6.54 Å². The molecule has 1 unspecified atom stereocenters. The van der Waals surface area contributed by atoms with Crippen molar-refractivity contribution in [1.82, 2.24) is 20.9 Å². The van der Waals surface area contributed by atoms with Crippen molar-refractivity contribution in [2.24, 2.45) is 10.9 Å². The number of amides is 1. The number of ether oxygens (including phenoxy) is 1. The number of morpholine rings is 1. The Morgan fingerprint density at radius 1 is 1.11 bits per heavy atom. The average molecular weight is 384 g/mol. The highest BCUT2D eigenvalue weighted by atomic mass is 16.5. The van der Waals surface area contributed by atoms with Crippen LogP contribution in [0.5, 0.6) is 0 Å². The summed E-state index contributed by atoms with van der Waals surface area (Å²) in [6.07, 6.45) is 2.31. The summed E-state index contributed by atoms with van der Waals surface area (Å²) in [5.41, 5.74) is -0.241. The first-order chi connectivity index (χ1) is 12.8. The second-order valence-corrected chi connectivity index (χ2v) is 8.17. The van der Waals surface area contributed by atoms with E-state index in [4.69, 9.17) is 4.74 Å². The fourth-order valence-corrected chi connectivity index (χ4v) is 3.49. The fraction of sp³-hybridized carbons (Fsp3) is 0.900. The maximum atomic E-state index is 12.1. The van der Waals surface area contributed by atoms with E-state index in [1.165, 1.54) is 0 Å². The molecule has 1 aliphatic heterocycles. The largest absolute Gasteiger partial charge is 0.379 e. The first-order valence-corrected chi connectivity index (χ1v) is 10.5. The van der Waals surface area contributed by atoms with E-state index in [0.717, 1.165) is 52.2 Å². The summed E-state index contributed by atoms with van der Waals surface area (Å²) in [5, 5.41) is 9.66. The number of nitrogens with one attached hydrogen (secondary N) is 3. The number of nitrogens with zero attached hydrogens (tertiary/aromatic N) is 2. The number of aliphatic imine (C=N–C) groups is 1. The van der Waals surface area contributed by atoms with Crippen LogP contribution in [0.4, 0.5) is 0 Å². The summed E-state index contributed by atoms with van der Waals surface area (Å²) >= 11 is 0. The molecule has 1 saturated heterocycles. The molecule has 1 rings (SSSR count). The van der Waals surface area contributed by atoms with Crippen LogP contribution in [0.15, 0.2) is 4.99 Å². The Hall–Kier alpha value is -1.34. The molecule has 1 fully saturated rings. The second-order valence-electron chi connectivity index (χ2n) is 8.17. The molecule has 158 valence electrons. The Morgan fingerprint density at radius 2 is 1.74 bits per heavy atom. The van der Waals surface area contributed by atoms with Crippen molar-refractivity contribution < 1.29 is 9.53 Å². The van der Waals surface area contributed by atoms with Crippen LogP contribution in [0.2, 0.25) is 0 Å². The highest BCUT2D eigenvalue weighted by Gasteiger charge is 2.27. The van der Waals surface area contributed by atoms with Crippen molar-refractivity contribution in [2.75, 3.05) is 45.9 Å². The van der Waals surface area contributed by atoms with E-state index in [-0.39, 0.29) is 18.0 Å². The van der Waals surface area contributed by atoms with Gasteiger partial charge >= 0.3 is 0 Å². The molecule has 0 spiro atoms. The van der Waals surface area contributed by atoms with Crippen LogP contribution in [0.1, 0.15) is 54.4 Å². The number of hydrogen-bond donors (Lipinski definition) is 3. The van der Waals surface area contributed by atoms with Crippen LogP contribution in [0.25, 0.3) is 0 Å². The van der Waals surface area contributed by atoms with Crippen molar-refractivity contribution in [1.29, 1.82) is 0 Å². The zero-order valence-electron chi connectivity index (χ0n) is 18.2. The molecule has 1 aliphatic rings. The van der Waals surface area contributed by atoms with E-state index >= 15 is 0 Å². The SMILES string of the molecule is CCNC(=NCC(=O)NC(C)(C)C)NCC(C(CC)CC)N1CCOCC1. The average Bonchev–Trinajstić information content (AvgIpc) is 2.62. The molecule has 0 aromatic rings. The van der Waals surface area contributed by atoms with Crippen molar-refractivity contribution in [3.63, 3.8) is 0 Å². The van der Waals surface area contributed by atoms with Crippen LogP contribution in [0.3, 0.4) is 0 Å². The third-order valence-electron chi connectivity index (χ3n) is 4.83. The highest BCUT2D eigenvalue weighted by Crippen LogP contribution is 2.19. The first kappa shape index (κ1) is 23.7. The summed E-state index contributed by atoms with van der Waals surface area (Å²) in [6, 6.07) is 0.441. The molecule has 1 amide bonds. The van der Waals surface area contributed by atoms with Gasteiger partial charge in [0.2, 0.25) is 5.91 Å². The summed E-state index contributed by atoms with van der Waals surface area (Å²) in [6.45, 7) is 17.7. The van der Waals surface area contributed by atoms with Gasteiger partial charge < -0.3 is 20.7 Å². The molecule has 3 N–H and O–H groups in total. The minimum absolute atomic E-state index is 0.0653. The molecule has 0 radical (unpaired) electrons. The van der Waals surface area contributed by atoms with E-state index in [0.29, 0.717) is 17.9 Å². The van der Waals surface area contributed by atoms with Gasteiger partial charge in [0.15, 0.2) is 5.96 Å². The normalized spacial score (nSPS) is 17.7. The van der Waals surface area contributed by atoms with Gasteiger partial charge in [-0.05, 0) is 33.6 Å². The smallest absolute Gasteiger partial charge is 0.242 e. The molecule has 0 aromatic carbocycles. The van der Waals surface area contributed by atoms with E-state index in [1.807, 2.05) is 27.7 Å². The van der Waals surface area contributed by atoms with Gasteiger partial charge in [-0.2, -0.15) is 0 Å². The van der Waals surface area contributed by atoms with Crippen LogP contribution in [-0.2, 0) is 9.53 Å². The van der Waals surface area contributed by atoms with Gasteiger partial charge in [-0.25, -0.2) is 4.99 Å². The molecule has 0 saturated carbocycles. The third kappa shape index (κ3) is 9.42. The summed E-state index contributed by atoms with van der Waals surface area (Å²) < 4.78 is 5.52. The molecule has 7 nitrogen and oxygen atoms in total. The summed E-state index contributed by atoms with van der Waals surface area (Å²) in [5.74, 6) is 1.26. The maximum Gasteiger partial charge on any atom is 0.242 e. The van der Waals surface area contributed by atoms with Gasteiger partial charge in [-0.1, -0.05) is 26.7 Å². The maximum absolute atomic E-state index is 12.1. The van der Waals surface area contributed by atoms with Crippen molar-refractivity contribution in [2.45, 2.75) is 66.0 Å². The van der Waals surface area contributed by atoms with Crippen molar-refractivity contribution >= 4 is 11.9 Å². The number of hydrogen-bond acceptors (Lipinski definition) is 4. The van der Waals surface area contributed by atoms with Crippen LogP contribution in [0, 0.1) is 5.92 Å². The molecule has 0 bridgehead atoms. The van der Waals surface area contributed by atoms with E-state index in [1.54, 1.807) is 0 Å². The van der Waals surface area contributed by atoms with E-state index in [9.17, 15) is 4.79 Å². The van der Waals surface area contributed by atoms with Gasteiger partial charge in [0.05, 0.1) is 13.2 Å². The molecule has 7 heteroatoms. The van der Waals surface area contributed by atoms with Crippen LogP contribution in [-0.4, -0.2) is 74.3 Å². The van der Waals surface area contributed by atoms with Crippen LogP contribution < -0.4 is 16.0 Å². The first-order valence-electron chi connectivity index (χ1n) is 10.5. The molecule has 27 heavy (non-hydrogen) atoms. The number of guanidine groups is 1. The Labute approximate surface area is 165 Å².